The minimum absolute atomic E-state index is 0.0222. The van der Waals surface area contributed by atoms with Crippen molar-refractivity contribution >= 4 is 23.5 Å². The molecule has 0 aliphatic carbocycles. The van der Waals surface area contributed by atoms with Crippen molar-refractivity contribution in [2.24, 2.45) is 0 Å². The number of benzene rings is 4. The van der Waals surface area contributed by atoms with E-state index < -0.39 is 11.9 Å². The smallest absolute Gasteiger partial charge is 0.338 e. The van der Waals surface area contributed by atoms with Crippen LogP contribution < -0.4 is 0 Å². The van der Waals surface area contributed by atoms with Crippen molar-refractivity contribution < 1.29 is 33.4 Å². The van der Waals surface area contributed by atoms with Crippen LogP contribution in [-0.4, -0.2) is 49.9 Å². The van der Waals surface area contributed by atoms with Gasteiger partial charge in [0.1, 0.15) is 13.2 Å². The zero-order valence-electron chi connectivity index (χ0n) is 21.1. The first-order valence-electron chi connectivity index (χ1n) is 12.3. The van der Waals surface area contributed by atoms with Crippen LogP contribution in [-0.2, 0) is 14.2 Å². The quantitative estimate of drug-likeness (QED) is 0.144. The van der Waals surface area contributed by atoms with Crippen LogP contribution in [0.15, 0.2) is 109 Å². The van der Waals surface area contributed by atoms with E-state index in [0.29, 0.717) is 33.4 Å². The van der Waals surface area contributed by atoms with Crippen LogP contribution in [0, 0.1) is 0 Å². The van der Waals surface area contributed by atoms with Crippen LogP contribution in [0.1, 0.15) is 52.6 Å². The van der Waals surface area contributed by atoms with Crippen LogP contribution in [0.3, 0.4) is 0 Å². The summed E-state index contributed by atoms with van der Waals surface area (Å²) in [4.78, 5) is 49.4. The number of carbonyl (C=O) groups excluding carboxylic acids is 4. The van der Waals surface area contributed by atoms with Gasteiger partial charge in [0.05, 0.1) is 24.3 Å². The SMILES string of the molecule is O=C(OCCOCCOC(=O)c1ccc(C(=O)c2ccccc2)cc1)c1ccc(C(=O)c2ccccc2)cc1. The molecule has 7 nitrogen and oxygen atoms in total. The first-order valence-corrected chi connectivity index (χ1v) is 12.3. The van der Waals surface area contributed by atoms with Crippen molar-refractivity contribution in [3.8, 4) is 0 Å². The third-order valence-electron chi connectivity index (χ3n) is 5.76. The summed E-state index contributed by atoms with van der Waals surface area (Å²) in [6.45, 7) is 0.303. The number of ketones is 2. The molecule has 0 saturated carbocycles. The molecule has 0 amide bonds. The number of ether oxygens (including phenoxy) is 3. The Morgan fingerprint density at radius 3 is 1.05 bits per heavy atom. The molecule has 0 N–H and O–H groups in total. The lowest BCUT2D eigenvalue weighted by Crippen LogP contribution is -2.15. The van der Waals surface area contributed by atoms with Crippen molar-refractivity contribution in [3.05, 3.63) is 143 Å². The Morgan fingerprint density at radius 2 is 0.692 bits per heavy atom. The zero-order chi connectivity index (χ0) is 27.5. The average molecular weight is 523 g/mol. The van der Waals surface area contributed by atoms with Gasteiger partial charge in [0.25, 0.3) is 0 Å². The van der Waals surface area contributed by atoms with Gasteiger partial charge in [-0.3, -0.25) is 9.59 Å². The Bertz CT molecular complexity index is 1300. The highest BCUT2D eigenvalue weighted by molar-refractivity contribution is 6.10. The highest BCUT2D eigenvalue weighted by atomic mass is 16.6. The summed E-state index contributed by atoms with van der Waals surface area (Å²) in [5, 5.41) is 0. The molecule has 0 aliphatic heterocycles. The molecule has 0 saturated heterocycles. The second-order valence-electron chi connectivity index (χ2n) is 8.43. The van der Waals surface area contributed by atoms with Gasteiger partial charge in [-0.05, 0) is 24.3 Å². The molecule has 0 radical (unpaired) electrons. The van der Waals surface area contributed by atoms with Gasteiger partial charge in [0.2, 0.25) is 0 Å². The number of rotatable bonds is 12. The monoisotopic (exact) mass is 522 g/mol. The molecule has 0 atom stereocenters. The van der Waals surface area contributed by atoms with Crippen molar-refractivity contribution in [2.45, 2.75) is 0 Å². The van der Waals surface area contributed by atoms with Crippen molar-refractivity contribution in [1.29, 1.82) is 0 Å². The van der Waals surface area contributed by atoms with Crippen LogP contribution >= 0.6 is 0 Å². The molecule has 4 aromatic carbocycles. The Hall–Kier alpha value is -4.88. The Kier molecular flexibility index (Phi) is 9.47. The van der Waals surface area contributed by atoms with E-state index in [1.165, 1.54) is 0 Å². The molecule has 39 heavy (non-hydrogen) atoms. The van der Waals surface area contributed by atoms with E-state index in [9.17, 15) is 19.2 Å². The van der Waals surface area contributed by atoms with Gasteiger partial charge in [-0.1, -0.05) is 84.9 Å². The minimum atomic E-state index is -0.530. The van der Waals surface area contributed by atoms with Gasteiger partial charge in [-0.2, -0.15) is 0 Å². The lowest BCUT2D eigenvalue weighted by Gasteiger charge is -2.08. The first-order chi connectivity index (χ1) is 19.0. The summed E-state index contributed by atoms with van der Waals surface area (Å²) < 4.78 is 15.7. The maximum atomic E-state index is 12.5. The highest BCUT2D eigenvalue weighted by Gasteiger charge is 2.13. The largest absolute Gasteiger partial charge is 0.460 e. The van der Waals surface area contributed by atoms with E-state index in [2.05, 4.69) is 0 Å². The molecule has 0 aromatic heterocycles. The van der Waals surface area contributed by atoms with E-state index in [0.717, 1.165) is 0 Å². The van der Waals surface area contributed by atoms with Gasteiger partial charge in [-0.15, -0.1) is 0 Å². The van der Waals surface area contributed by atoms with Gasteiger partial charge >= 0.3 is 11.9 Å². The maximum Gasteiger partial charge on any atom is 0.338 e. The van der Waals surface area contributed by atoms with Crippen LogP contribution in [0.25, 0.3) is 0 Å². The molecule has 0 spiro atoms. The van der Waals surface area contributed by atoms with E-state index >= 15 is 0 Å². The molecule has 7 heteroatoms. The van der Waals surface area contributed by atoms with Gasteiger partial charge < -0.3 is 14.2 Å². The fourth-order valence-electron chi connectivity index (χ4n) is 3.68. The number of hydrogen-bond donors (Lipinski definition) is 0. The molecule has 0 heterocycles. The van der Waals surface area contributed by atoms with Gasteiger partial charge in [-0.25, -0.2) is 9.59 Å². The fraction of sp³-hybridized carbons (Fsp3) is 0.125. The summed E-state index contributed by atoms with van der Waals surface area (Å²) >= 11 is 0. The predicted molar refractivity (Wildman–Crippen MR) is 144 cm³/mol. The van der Waals surface area contributed by atoms with Crippen LogP contribution in [0.5, 0.6) is 0 Å². The van der Waals surface area contributed by atoms with Gasteiger partial charge in [0.15, 0.2) is 11.6 Å². The fourth-order valence-corrected chi connectivity index (χ4v) is 3.68. The molecule has 196 valence electrons. The highest BCUT2D eigenvalue weighted by Crippen LogP contribution is 2.13. The van der Waals surface area contributed by atoms with Crippen LogP contribution in [0.4, 0.5) is 0 Å². The molecule has 4 rings (SSSR count). The van der Waals surface area contributed by atoms with E-state index in [1.807, 2.05) is 12.1 Å². The Morgan fingerprint density at radius 1 is 0.385 bits per heavy atom. The van der Waals surface area contributed by atoms with E-state index in [-0.39, 0.29) is 38.0 Å². The summed E-state index contributed by atoms with van der Waals surface area (Å²) in [6, 6.07) is 30.3. The average Bonchev–Trinajstić information content (AvgIpc) is 3.00. The summed E-state index contributed by atoms with van der Waals surface area (Å²) in [7, 11) is 0. The third kappa shape index (κ3) is 7.56. The predicted octanol–water partition coefficient (Wildman–Crippen LogP) is 5.18. The number of esters is 2. The lowest BCUT2D eigenvalue weighted by molar-refractivity contribution is 0.0151. The van der Waals surface area contributed by atoms with Crippen molar-refractivity contribution in [2.75, 3.05) is 26.4 Å². The zero-order valence-corrected chi connectivity index (χ0v) is 21.1. The maximum absolute atomic E-state index is 12.5. The molecule has 0 unspecified atom stereocenters. The van der Waals surface area contributed by atoms with Crippen molar-refractivity contribution in [1.82, 2.24) is 0 Å². The number of carbonyl (C=O) groups is 4. The third-order valence-corrected chi connectivity index (χ3v) is 5.76. The van der Waals surface area contributed by atoms with Crippen molar-refractivity contribution in [3.63, 3.8) is 0 Å². The molecule has 0 aliphatic rings. The summed E-state index contributed by atoms with van der Waals surface area (Å²) in [5.41, 5.74) is 2.75. The minimum Gasteiger partial charge on any atom is -0.460 e. The molecule has 0 fully saturated rings. The van der Waals surface area contributed by atoms with Gasteiger partial charge in [0, 0.05) is 22.3 Å². The standard InChI is InChI=1S/C32H26O7/c33-29(23-7-3-1-4-8-23)25-11-15-27(16-12-25)31(35)38-21-19-37-20-22-39-32(36)28-17-13-26(14-18-28)30(34)24-9-5-2-6-10-24/h1-18H,19-22H2. The second-order valence-corrected chi connectivity index (χ2v) is 8.43. The lowest BCUT2D eigenvalue weighted by atomic mass is 10.0. The Labute approximate surface area is 226 Å². The van der Waals surface area contributed by atoms with Crippen LogP contribution in [0.2, 0.25) is 0 Å². The topological polar surface area (TPSA) is 96.0 Å². The molecular formula is C32H26O7. The Balaban J connectivity index is 1.12. The molecule has 0 bridgehead atoms. The van der Waals surface area contributed by atoms with E-state index in [1.54, 1.807) is 97.1 Å². The van der Waals surface area contributed by atoms with E-state index in [4.69, 9.17) is 14.2 Å². The molecular weight excluding hydrogens is 496 g/mol. The normalized spacial score (nSPS) is 10.5. The second kappa shape index (κ2) is 13.6. The number of hydrogen-bond acceptors (Lipinski definition) is 7. The summed E-state index contributed by atoms with van der Waals surface area (Å²) in [6.07, 6.45) is 0. The molecule has 4 aromatic rings. The summed E-state index contributed by atoms with van der Waals surface area (Å²) in [5.74, 6) is -1.31. The first kappa shape index (κ1) is 27.2.